The number of nitrogens with zero attached hydrogens (tertiary/aromatic N) is 4. The zero-order valence-electron chi connectivity index (χ0n) is 13.3. The smallest absolute Gasteiger partial charge is 0.267 e. The zero-order chi connectivity index (χ0) is 17.1. The third-order valence-electron chi connectivity index (χ3n) is 3.79. The van der Waals surface area contributed by atoms with Crippen molar-refractivity contribution in [3.8, 4) is 11.4 Å². The number of benzene rings is 2. The molecule has 25 heavy (non-hydrogen) atoms. The molecule has 0 saturated heterocycles. The van der Waals surface area contributed by atoms with Crippen molar-refractivity contribution in [2.24, 2.45) is 5.10 Å². The van der Waals surface area contributed by atoms with Crippen molar-refractivity contribution < 1.29 is 0 Å². The summed E-state index contributed by atoms with van der Waals surface area (Å²) >= 11 is 0. The van der Waals surface area contributed by atoms with Crippen molar-refractivity contribution in [1.29, 1.82) is 0 Å². The van der Waals surface area contributed by atoms with Gasteiger partial charge in [0, 0.05) is 23.5 Å². The molecule has 120 valence electrons. The second kappa shape index (κ2) is 6.49. The number of para-hydroxylation sites is 1. The average Bonchev–Trinajstić information content (AvgIpc) is 2.69. The van der Waals surface area contributed by atoms with Crippen LogP contribution in [0.3, 0.4) is 0 Å². The maximum absolute atomic E-state index is 12.9. The third-order valence-corrected chi connectivity index (χ3v) is 3.79. The summed E-state index contributed by atoms with van der Waals surface area (Å²) in [5.74, 6) is 0.504. The summed E-state index contributed by atoms with van der Waals surface area (Å²) in [4.78, 5) is 21.6. The number of rotatable bonds is 3. The van der Waals surface area contributed by atoms with Gasteiger partial charge in [0.05, 0.1) is 17.1 Å². The minimum absolute atomic E-state index is 0.204. The topological polar surface area (TPSA) is 60.1 Å². The van der Waals surface area contributed by atoms with E-state index in [0.29, 0.717) is 16.7 Å². The largest absolute Gasteiger partial charge is 0.282 e. The number of fused-ring (bicyclic) bond motifs is 1. The lowest BCUT2D eigenvalue weighted by molar-refractivity contribution is 0.829. The summed E-state index contributed by atoms with van der Waals surface area (Å²) in [5, 5.41) is 4.91. The van der Waals surface area contributed by atoms with Gasteiger partial charge < -0.3 is 0 Å². The van der Waals surface area contributed by atoms with Gasteiger partial charge in [-0.25, -0.2) is 4.98 Å². The Balaban J connectivity index is 1.96. The molecule has 2 aromatic carbocycles. The highest BCUT2D eigenvalue weighted by Crippen LogP contribution is 2.18. The number of pyridine rings is 1. The molecule has 0 spiro atoms. The predicted molar refractivity (Wildman–Crippen MR) is 98.7 cm³/mol. The SMILES string of the molecule is O=c1c2ccccc2nc(-c2ccccc2)n1/N=C\c1cccnc1. The monoisotopic (exact) mass is 326 g/mol. The maximum atomic E-state index is 12.9. The van der Waals surface area contributed by atoms with Crippen LogP contribution in [0.4, 0.5) is 0 Å². The first kappa shape index (κ1) is 15.0. The Bertz CT molecular complexity index is 1100. The molecule has 0 amide bonds. The lowest BCUT2D eigenvalue weighted by atomic mass is 10.2. The van der Waals surface area contributed by atoms with Gasteiger partial charge in [0.2, 0.25) is 0 Å². The average molecular weight is 326 g/mol. The zero-order valence-corrected chi connectivity index (χ0v) is 13.3. The van der Waals surface area contributed by atoms with Crippen molar-refractivity contribution in [3.05, 3.63) is 95.0 Å². The number of hydrogen-bond acceptors (Lipinski definition) is 4. The second-order valence-electron chi connectivity index (χ2n) is 5.47. The molecule has 5 heteroatoms. The first-order valence-electron chi connectivity index (χ1n) is 7.84. The van der Waals surface area contributed by atoms with E-state index in [0.717, 1.165) is 11.1 Å². The van der Waals surface area contributed by atoms with Crippen LogP contribution in [-0.4, -0.2) is 20.9 Å². The van der Waals surface area contributed by atoms with Gasteiger partial charge in [-0.05, 0) is 18.2 Å². The Labute approximate surface area is 143 Å². The van der Waals surface area contributed by atoms with Crippen LogP contribution in [0.1, 0.15) is 5.56 Å². The minimum Gasteiger partial charge on any atom is -0.267 e. The molecule has 2 heterocycles. The summed E-state index contributed by atoms with van der Waals surface area (Å²) in [6.45, 7) is 0. The van der Waals surface area contributed by atoms with Crippen LogP contribution >= 0.6 is 0 Å². The van der Waals surface area contributed by atoms with Gasteiger partial charge in [-0.2, -0.15) is 9.78 Å². The summed E-state index contributed by atoms with van der Waals surface area (Å²) in [6.07, 6.45) is 4.99. The molecule has 0 bridgehead atoms. The number of aromatic nitrogens is 3. The molecule has 0 atom stereocenters. The first-order valence-corrected chi connectivity index (χ1v) is 7.84. The highest BCUT2D eigenvalue weighted by atomic mass is 16.1. The maximum Gasteiger partial charge on any atom is 0.282 e. The van der Waals surface area contributed by atoms with Gasteiger partial charge in [0.15, 0.2) is 5.82 Å². The van der Waals surface area contributed by atoms with E-state index >= 15 is 0 Å². The van der Waals surface area contributed by atoms with Crippen molar-refractivity contribution in [2.45, 2.75) is 0 Å². The molecule has 0 saturated carbocycles. The first-order chi connectivity index (χ1) is 12.3. The molecule has 0 radical (unpaired) electrons. The molecule has 0 N–H and O–H groups in total. The van der Waals surface area contributed by atoms with Crippen LogP contribution in [0.25, 0.3) is 22.3 Å². The van der Waals surface area contributed by atoms with Gasteiger partial charge in [0.1, 0.15) is 0 Å². The van der Waals surface area contributed by atoms with Crippen molar-refractivity contribution in [3.63, 3.8) is 0 Å². The third kappa shape index (κ3) is 2.95. The molecule has 4 aromatic rings. The molecule has 0 aliphatic rings. The second-order valence-corrected chi connectivity index (χ2v) is 5.47. The minimum atomic E-state index is -0.204. The van der Waals surface area contributed by atoms with Gasteiger partial charge >= 0.3 is 0 Å². The molecular weight excluding hydrogens is 312 g/mol. The van der Waals surface area contributed by atoms with E-state index in [-0.39, 0.29) is 5.56 Å². The van der Waals surface area contributed by atoms with Crippen LogP contribution in [0, 0.1) is 0 Å². The van der Waals surface area contributed by atoms with Crippen molar-refractivity contribution >= 4 is 17.1 Å². The summed E-state index contributed by atoms with van der Waals surface area (Å²) < 4.78 is 1.34. The van der Waals surface area contributed by atoms with Gasteiger partial charge in [-0.15, -0.1) is 0 Å². The normalized spacial score (nSPS) is 11.2. The van der Waals surface area contributed by atoms with Crippen LogP contribution in [0.5, 0.6) is 0 Å². The predicted octanol–water partition coefficient (Wildman–Crippen LogP) is 3.34. The Morgan fingerprint density at radius 2 is 1.72 bits per heavy atom. The van der Waals surface area contributed by atoms with E-state index in [4.69, 9.17) is 0 Å². The van der Waals surface area contributed by atoms with Crippen LogP contribution < -0.4 is 5.56 Å². The lowest BCUT2D eigenvalue weighted by Crippen LogP contribution is -2.20. The fourth-order valence-electron chi connectivity index (χ4n) is 2.58. The van der Waals surface area contributed by atoms with Crippen LogP contribution in [0.15, 0.2) is 89.0 Å². The standard InChI is InChI=1S/C20H14N4O/c25-20-17-10-4-5-11-18(17)23-19(16-8-2-1-3-9-16)24(20)22-14-15-7-6-12-21-13-15/h1-14H/b22-14-. The molecule has 0 aliphatic heterocycles. The summed E-state index contributed by atoms with van der Waals surface area (Å²) in [6, 6.07) is 20.5. The molecule has 2 aromatic heterocycles. The highest BCUT2D eigenvalue weighted by molar-refractivity contribution is 5.81. The Morgan fingerprint density at radius 1 is 0.920 bits per heavy atom. The highest BCUT2D eigenvalue weighted by Gasteiger charge is 2.11. The van der Waals surface area contributed by atoms with Gasteiger partial charge in [-0.1, -0.05) is 48.5 Å². The molecule has 0 unspecified atom stereocenters. The Morgan fingerprint density at radius 3 is 2.52 bits per heavy atom. The number of hydrogen-bond donors (Lipinski definition) is 0. The van der Waals surface area contributed by atoms with E-state index in [1.54, 1.807) is 24.7 Å². The molecular formula is C20H14N4O. The fourth-order valence-corrected chi connectivity index (χ4v) is 2.58. The van der Waals surface area contributed by atoms with E-state index in [2.05, 4.69) is 15.1 Å². The van der Waals surface area contributed by atoms with Crippen LogP contribution in [-0.2, 0) is 0 Å². The van der Waals surface area contributed by atoms with E-state index < -0.39 is 0 Å². The molecule has 4 rings (SSSR count). The van der Waals surface area contributed by atoms with Crippen molar-refractivity contribution in [1.82, 2.24) is 14.6 Å². The molecule has 0 aliphatic carbocycles. The molecule has 0 fully saturated rings. The van der Waals surface area contributed by atoms with E-state index in [1.807, 2.05) is 60.7 Å². The Hall–Kier alpha value is -3.60. The molecule has 5 nitrogen and oxygen atoms in total. The summed E-state index contributed by atoms with van der Waals surface area (Å²) in [5.41, 5.74) is 2.08. The van der Waals surface area contributed by atoms with Crippen LogP contribution in [0.2, 0.25) is 0 Å². The quantitative estimate of drug-likeness (QED) is 0.543. The lowest BCUT2D eigenvalue weighted by Gasteiger charge is -2.09. The fraction of sp³-hybridized carbons (Fsp3) is 0. The van der Waals surface area contributed by atoms with E-state index in [1.165, 1.54) is 4.68 Å². The summed E-state index contributed by atoms with van der Waals surface area (Å²) in [7, 11) is 0. The Kier molecular flexibility index (Phi) is 3.88. The van der Waals surface area contributed by atoms with E-state index in [9.17, 15) is 4.79 Å². The van der Waals surface area contributed by atoms with Gasteiger partial charge in [-0.3, -0.25) is 9.78 Å². The van der Waals surface area contributed by atoms with Gasteiger partial charge in [0.25, 0.3) is 5.56 Å². The van der Waals surface area contributed by atoms with Crippen molar-refractivity contribution in [2.75, 3.05) is 0 Å².